The summed E-state index contributed by atoms with van der Waals surface area (Å²) in [4.78, 5) is 0. The van der Waals surface area contributed by atoms with E-state index in [0.29, 0.717) is 5.75 Å². The molecule has 0 bridgehead atoms. The van der Waals surface area contributed by atoms with Crippen LogP contribution in [0.4, 0.5) is 4.39 Å². The smallest absolute Gasteiger partial charge is 0.124 e. The quantitative estimate of drug-likeness (QED) is 0.923. The highest BCUT2D eigenvalue weighted by Gasteiger charge is 2.43. The minimum Gasteiger partial charge on any atom is -0.490 e. The zero-order chi connectivity index (χ0) is 14.2. The van der Waals surface area contributed by atoms with Crippen LogP contribution in [-0.4, -0.2) is 18.3 Å². The normalized spacial score (nSPS) is 26.1. The molecule has 1 spiro atoms. The van der Waals surface area contributed by atoms with Crippen molar-refractivity contribution in [3.63, 3.8) is 0 Å². The Bertz CT molecular complexity index is 485. The molecule has 2 atom stereocenters. The van der Waals surface area contributed by atoms with Gasteiger partial charge in [0, 0.05) is 24.4 Å². The number of rotatable bonds is 3. The number of benzene rings is 1. The molecule has 1 unspecified atom stereocenters. The summed E-state index contributed by atoms with van der Waals surface area (Å²) in [6.45, 7) is 2.60. The Hall–Kier alpha value is -1.13. The third kappa shape index (κ3) is 2.67. The molecule has 0 amide bonds. The largest absolute Gasteiger partial charge is 0.490 e. The number of hydrogen-bond acceptors (Lipinski definition) is 3. The van der Waals surface area contributed by atoms with Crippen molar-refractivity contribution in [2.75, 3.05) is 6.61 Å². The van der Waals surface area contributed by atoms with Gasteiger partial charge in [0.1, 0.15) is 17.7 Å². The van der Waals surface area contributed by atoms with Crippen molar-refractivity contribution in [3.05, 3.63) is 29.6 Å². The lowest BCUT2D eigenvalue weighted by atomic mass is 9.74. The minimum absolute atomic E-state index is 0.0530. The SMILES string of the molecule is C[C@@H](N)c1cc(F)ccc1OC1CCOC2(CCC2)C1. The molecule has 0 aromatic heterocycles. The van der Waals surface area contributed by atoms with E-state index in [1.165, 1.54) is 18.6 Å². The van der Waals surface area contributed by atoms with Gasteiger partial charge in [0.15, 0.2) is 0 Å². The third-order valence-electron chi connectivity index (χ3n) is 4.47. The second kappa shape index (κ2) is 5.34. The molecule has 20 heavy (non-hydrogen) atoms. The van der Waals surface area contributed by atoms with Crippen molar-refractivity contribution in [2.24, 2.45) is 5.73 Å². The molecule has 1 aliphatic carbocycles. The molecule has 1 saturated carbocycles. The zero-order valence-corrected chi connectivity index (χ0v) is 11.9. The molecule has 0 radical (unpaired) electrons. The fraction of sp³-hybridized carbons (Fsp3) is 0.625. The van der Waals surface area contributed by atoms with Crippen molar-refractivity contribution < 1.29 is 13.9 Å². The molecule has 2 N–H and O–H groups in total. The summed E-state index contributed by atoms with van der Waals surface area (Å²) in [5, 5.41) is 0. The minimum atomic E-state index is -0.271. The Kier molecular flexibility index (Phi) is 3.69. The molecule has 1 aliphatic heterocycles. The van der Waals surface area contributed by atoms with Gasteiger partial charge in [-0.15, -0.1) is 0 Å². The van der Waals surface area contributed by atoms with Crippen LogP contribution in [0.2, 0.25) is 0 Å². The van der Waals surface area contributed by atoms with E-state index in [2.05, 4.69) is 0 Å². The maximum atomic E-state index is 13.3. The van der Waals surface area contributed by atoms with Crippen LogP contribution in [-0.2, 0) is 4.74 Å². The molecule has 2 fully saturated rings. The van der Waals surface area contributed by atoms with Crippen LogP contribution in [0.3, 0.4) is 0 Å². The molecule has 110 valence electrons. The maximum absolute atomic E-state index is 13.3. The van der Waals surface area contributed by atoms with E-state index >= 15 is 0 Å². The Labute approximate surface area is 119 Å². The van der Waals surface area contributed by atoms with Gasteiger partial charge in [-0.2, -0.15) is 0 Å². The average molecular weight is 279 g/mol. The molecule has 4 heteroatoms. The lowest BCUT2D eigenvalue weighted by molar-refractivity contribution is -0.153. The third-order valence-corrected chi connectivity index (χ3v) is 4.47. The van der Waals surface area contributed by atoms with Crippen LogP contribution in [0.1, 0.15) is 50.6 Å². The fourth-order valence-electron chi connectivity index (χ4n) is 3.16. The van der Waals surface area contributed by atoms with Gasteiger partial charge in [-0.3, -0.25) is 0 Å². The maximum Gasteiger partial charge on any atom is 0.124 e. The van der Waals surface area contributed by atoms with Gasteiger partial charge in [0.05, 0.1) is 12.2 Å². The second-order valence-electron chi connectivity index (χ2n) is 6.09. The van der Waals surface area contributed by atoms with Crippen LogP contribution in [0.25, 0.3) is 0 Å². The van der Waals surface area contributed by atoms with E-state index in [1.54, 1.807) is 6.07 Å². The molecule has 3 rings (SSSR count). The fourth-order valence-corrected chi connectivity index (χ4v) is 3.16. The van der Waals surface area contributed by atoms with Gasteiger partial charge in [-0.05, 0) is 44.4 Å². The Morgan fingerprint density at radius 3 is 2.90 bits per heavy atom. The van der Waals surface area contributed by atoms with Gasteiger partial charge in [-0.25, -0.2) is 4.39 Å². The summed E-state index contributed by atoms with van der Waals surface area (Å²) < 4.78 is 25.4. The molecule has 1 aromatic rings. The van der Waals surface area contributed by atoms with Crippen molar-refractivity contribution in [3.8, 4) is 5.75 Å². The highest BCUT2D eigenvalue weighted by atomic mass is 19.1. The first-order chi connectivity index (χ1) is 9.58. The van der Waals surface area contributed by atoms with E-state index in [0.717, 1.165) is 37.9 Å². The second-order valence-corrected chi connectivity index (χ2v) is 6.09. The summed E-state index contributed by atoms with van der Waals surface area (Å²) >= 11 is 0. The zero-order valence-electron chi connectivity index (χ0n) is 11.9. The van der Waals surface area contributed by atoms with E-state index in [9.17, 15) is 4.39 Å². The lowest BCUT2D eigenvalue weighted by Gasteiger charge is -2.47. The van der Waals surface area contributed by atoms with E-state index in [1.807, 2.05) is 6.92 Å². The molecular formula is C16H22FNO2. The number of ether oxygens (including phenoxy) is 2. The van der Waals surface area contributed by atoms with Crippen LogP contribution < -0.4 is 10.5 Å². The summed E-state index contributed by atoms with van der Waals surface area (Å²) in [6, 6.07) is 4.35. The standard InChI is InChI=1S/C16H22FNO2/c1-11(18)14-9-12(17)3-4-15(14)20-13-5-8-19-16(10-13)6-2-7-16/h3-4,9,11,13H,2,5-8,10,18H2,1H3/t11-,13?/m1/s1. The molecule has 2 aliphatic rings. The lowest BCUT2D eigenvalue weighted by Crippen LogP contribution is -2.48. The van der Waals surface area contributed by atoms with Crippen LogP contribution in [0.5, 0.6) is 5.75 Å². The predicted molar refractivity (Wildman–Crippen MR) is 75.2 cm³/mol. The van der Waals surface area contributed by atoms with Crippen molar-refractivity contribution in [1.82, 2.24) is 0 Å². The number of nitrogens with two attached hydrogens (primary N) is 1. The van der Waals surface area contributed by atoms with Gasteiger partial charge in [0.2, 0.25) is 0 Å². The monoisotopic (exact) mass is 279 g/mol. The van der Waals surface area contributed by atoms with Gasteiger partial charge >= 0.3 is 0 Å². The summed E-state index contributed by atoms with van der Waals surface area (Å²) in [6.07, 6.45) is 5.48. The number of halogens is 1. The topological polar surface area (TPSA) is 44.5 Å². The predicted octanol–water partition coefficient (Wildman–Crippen LogP) is 3.33. The molecular weight excluding hydrogens is 257 g/mol. The molecule has 3 nitrogen and oxygen atoms in total. The average Bonchev–Trinajstić information content (AvgIpc) is 2.39. The van der Waals surface area contributed by atoms with Gasteiger partial charge < -0.3 is 15.2 Å². The van der Waals surface area contributed by atoms with Gasteiger partial charge in [-0.1, -0.05) is 0 Å². The Morgan fingerprint density at radius 1 is 1.45 bits per heavy atom. The first kappa shape index (κ1) is 13.8. The van der Waals surface area contributed by atoms with E-state index in [4.69, 9.17) is 15.2 Å². The Morgan fingerprint density at radius 2 is 2.25 bits per heavy atom. The molecule has 1 aromatic carbocycles. The highest BCUT2D eigenvalue weighted by Crippen LogP contribution is 2.43. The molecule has 1 heterocycles. The van der Waals surface area contributed by atoms with Crippen LogP contribution in [0, 0.1) is 5.82 Å². The molecule has 1 saturated heterocycles. The summed E-state index contributed by atoms with van der Waals surface area (Å²) in [5.41, 5.74) is 6.70. The van der Waals surface area contributed by atoms with Crippen LogP contribution in [0.15, 0.2) is 18.2 Å². The van der Waals surface area contributed by atoms with E-state index < -0.39 is 0 Å². The number of hydrogen-bond donors (Lipinski definition) is 1. The Balaban J connectivity index is 1.74. The first-order valence-corrected chi connectivity index (χ1v) is 7.44. The van der Waals surface area contributed by atoms with Gasteiger partial charge in [0.25, 0.3) is 0 Å². The van der Waals surface area contributed by atoms with Crippen molar-refractivity contribution >= 4 is 0 Å². The van der Waals surface area contributed by atoms with Crippen molar-refractivity contribution in [2.45, 2.75) is 56.8 Å². The summed E-state index contributed by atoms with van der Waals surface area (Å²) in [5.74, 6) is 0.440. The van der Waals surface area contributed by atoms with E-state index in [-0.39, 0.29) is 23.6 Å². The van der Waals surface area contributed by atoms with Crippen LogP contribution >= 0.6 is 0 Å². The first-order valence-electron chi connectivity index (χ1n) is 7.44. The highest BCUT2D eigenvalue weighted by molar-refractivity contribution is 5.36. The van der Waals surface area contributed by atoms with Crippen molar-refractivity contribution in [1.29, 1.82) is 0 Å². The summed E-state index contributed by atoms with van der Waals surface area (Å²) in [7, 11) is 0.